The highest BCUT2D eigenvalue weighted by Gasteiger charge is 1.81. The predicted octanol–water partition coefficient (Wildman–Crippen LogP) is 0.670. The summed E-state index contributed by atoms with van der Waals surface area (Å²) in [6.45, 7) is 5.26. The number of ether oxygens (including phenoxy) is 1. The van der Waals surface area contributed by atoms with Gasteiger partial charge >= 0.3 is 0 Å². The van der Waals surface area contributed by atoms with Crippen molar-refractivity contribution in [2.24, 2.45) is 0 Å². The van der Waals surface area contributed by atoms with Crippen LogP contribution in [0.5, 0.6) is 0 Å². The Hall–Kier alpha value is -0.550. The molecular weight excluding hydrogens is 156 g/mol. The Morgan fingerprint density at radius 3 is 1.70 bits per heavy atom. The van der Waals surface area contributed by atoms with Crippen LogP contribution in [0.1, 0.15) is 6.92 Å². The van der Waals surface area contributed by atoms with E-state index in [1.54, 1.807) is 14.0 Å². The summed E-state index contributed by atoms with van der Waals surface area (Å²) >= 11 is 0. The van der Waals surface area contributed by atoms with E-state index in [1.165, 1.54) is 0 Å². The normalized spacial score (nSPS) is 9.20. The molecule has 0 aromatic carbocycles. The van der Waals surface area contributed by atoms with Gasteiger partial charge in [0.2, 0.25) is 0 Å². The molecule has 0 saturated carbocycles. The molecule has 5 heteroatoms. The third-order valence-corrected chi connectivity index (χ3v) is 0.348. The van der Waals surface area contributed by atoms with Crippen LogP contribution in [0.15, 0.2) is 12.3 Å². The number of rotatable bonds is 1. The third kappa shape index (κ3) is 147. The molecule has 0 amide bonds. The molecule has 0 bridgehead atoms. The van der Waals surface area contributed by atoms with Crippen LogP contribution in [-0.4, -0.2) is 26.3 Å². The Kier molecular flexibility index (Phi) is 6.38. The second-order valence-corrected chi connectivity index (χ2v) is 3.11. The minimum atomic E-state index is -3.67. The van der Waals surface area contributed by atoms with Crippen LogP contribution in [-0.2, 0) is 14.9 Å². The first-order chi connectivity index (χ1) is 4.27. The molecule has 0 heterocycles. The highest BCUT2D eigenvalue weighted by molar-refractivity contribution is 7.85. The maximum Gasteiger partial charge on any atom is 0.261 e. The molecule has 1 N–H and O–H groups in total. The number of hydrogen-bond acceptors (Lipinski definition) is 3. The van der Waals surface area contributed by atoms with Gasteiger partial charge in [-0.2, -0.15) is 8.42 Å². The summed E-state index contributed by atoms with van der Waals surface area (Å²) < 4.78 is 30.4. The topological polar surface area (TPSA) is 63.6 Å². The summed E-state index contributed by atoms with van der Waals surface area (Å²) in [6, 6.07) is 0. The first kappa shape index (κ1) is 12.2. The average molecular weight is 168 g/mol. The Labute approximate surface area is 61.3 Å². The van der Waals surface area contributed by atoms with Crippen molar-refractivity contribution in [2.45, 2.75) is 6.92 Å². The zero-order valence-corrected chi connectivity index (χ0v) is 7.10. The molecule has 0 atom stereocenters. The largest absolute Gasteiger partial charge is 0.502 e. The maximum atomic E-state index is 9.19. The molecule has 0 saturated heterocycles. The summed E-state index contributed by atoms with van der Waals surface area (Å²) in [5.74, 6) is 0.755. The molecular formula is C5H12O4S. The zero-order valence-electron chi connectivity index (χ0n) is 6.29. The molecule has 0 rings (SSSR count). The fourth-order valence-corrected chi connectivity index (χ4v) is 0. The molecule has 0 aliphatic heterocycles. The van der Waals surface area contributed by atoms with Crippen molar-refractivity contribution in [3.05, 3.63) is 12.3 Å². The number of allylic oxidation sites excluding steroid dienone is 1. The van der Waals surface area contributed by atoms with Gasteiger partial charge in [-0.15, -0.1) is 0 Å². The summed E-state index contributed by atoms with van der Waals surface area (Å²) in [5.41, 5.74) is 0. The van der Waals surface area contributed by atoms with E-state index in [2.05, 4.69) is 11.3 Å². The van der Waals surface area contributed by atoms with Crippen LogP contribution in [0.2, 0.25) is 0 Å². The minimum absolute atomic E-state index is 0.715. The standard InChI is InChI=1S/C4H8O.CH4O3S/c1-4(2)5-3;1-5(2,3)4/h1H2,2-3H3;1H3,(H,2,3,4). The minimum Gasteiger partial charge on any atom is -0.502 e. The first-order valence-corrected chi connectivity index (χ1v) is 4.24. The van der Waals surface area contributed by atoms with E-state index in [1.807, 2.05) is 0 Å². The van der Waals surface area contributed by atoms with Gasteiger partial charge in [0, 0.05) is 0 Å². The Morgan fingerprint density at radius 1 is 1.60 bits per heavy atom. The van der Waals surface area contributed by atoms with Crippen molar-refractivity contribution in [1.29, 1.82) is 0 Å². The van der Waals surface area contributed by atoms with Crippen LogP contribution in [0.25, 0.3) is 0 Å². The highest BCUT2D eigenvalue weighted by Crippen LogP contribution is 1.80. The smallest absolute Gasteiger partial charge is 0.261 e. The molecule has 0 aliphatic rings. The predicted molar refractivity (Wildman–Crippen MR) is 39.3 cm³/mol. The first-order valence-electron chi connectivity index (χ1n) is 2.39. The van der Waals surface area contributed by atoms with Gasteiger partial charge in [0.25, 0.3) is 10.1 Å². The van der Waals surface area contributed by atoms with Crippen molar-refractivity contribution in [2.75, 3.05) is 13.4 Å². The molecule has 10 heavy (non-hydrogen) atoms. The lowest BCUT2D eigenvalue weighted by Gasteiger charge is -1.88. The van der Waals surface area contributed by atoms with Gasteiger partial charge in [-0.25, -0.2) is 0 Å². The van der Waals surface area contributed by atoms with Crippen molar-refractivity contribution in [1.82, 2.24) is 0 Å². The molecule has 0 spiro atoms. The summed E-state index contributed by atoms with van der Waals surface area (Å²) in [7, 11) is -2.07. The van der Waals surface area contributed by atoms with Crippen LogP contribution in [0.3, 0.4) is 0 Å². The van der Waals surface area contributed by atoms with E-state index in [-0.39, 0.29) is 0 Å². The SMILES string of the molecule is C=C(C)OC.CS(=O)(=O)O. The van der Waals surface area contributed by atoms with Gasteiger partial charge in [-0.3, -0.25) is 4.55 Å². The van der Waals surface area contributed by atoms with Gasteiger partial charge in [0.05, 0.1) is 19.1 Å². The monoisotopic (exact) mass is 168 g/mol. The van der Waals surface area contributed by atoms with Crippen molar-refractivity contribution >= 4 is 10.1 Å². The Morgan fingerprint density at radius 2 is 1.70 bits per heavy atom. The van der Waals surface area contributed by atoms with Gasteiger partial charge in [0.15, 0.2) is 0 Å². The van der Waals surface area contributed by atoms with Crippen LogP contribution >= 0.6 is 0 Å². The second kappa shape index (κ2) is 5.25. The summed E-state index contributed by atoms with van der Waals surface area (Å²) in [6.07, 6.45) is 0.715. The van der Waals surface area contributed by atoms with E-state index in [4.69, 9.17) is 4.55 Å². The average Bonchev–Trinajstić information content (AvgIpc) is 1.61. The highest BCUT2D eigenvalue weighted by atomic mass is 32.2. The van der Waals surface area contributed by atoms with Crippen molar-refractivity contribution in [3.63, 3.8) is 0 Å². The summed E-state index contributed by atoms with van der Waals surface area (Å²) in [4.78, 5) is 0. The lowest BCUT2D eigenvalue weighted by Crippen LogP contribution is -1.88. The molecule has 0 aromatic rings. The fraction of sp³-hybridized carbons (Fsp3) is 0.600. The molecule has 0 aliphatic carbocycles. The van der Waals surface area contributed by atoms with Crippen LogP contribution < -0.4 is 0 Å². The van der Waals surface area contributed by atoms with Crippen molar-refractivity contribution < 1.29 is 17.7 Å². The maximum absolute atomic E-state index is 9.19. The van der Waals surface area contributed by atoms with Crippen LogP contribution in [0, 0.1) is 0 Å². The zero-order chi connectivity index (χ0) is 8.78. The van der Waals surface area contributed by atoms with Gasteiger partial charge < -0.3 is 4.74 Å². The molecule has 0 radical (unpaired) electrons. The van der Waals surface area contributed by atoms with E-state index >= 15 is 0 Å². The van der Waals surface area contributed by atoms with Gasteiger partial charge in [-0.05, 0) is 6.92 Å². The molecule has 4 nitrogen and oxygen atoms in total. The van der Waals surface area contributed by atoms with Crippen molar-refractivity contribution in [3.8, 4) is 0 Å². The Bertz CT molecular complexity index is 172. The lowest BCUT2D eigenvalue weighted by atomic mass is 10.7. The van der Waals surface area contributed by atoms with Crippen LogP contribution in [0.4, 0.5) is 0 Å². The molecule has 0 unspecified atom stereocenters. The summed E-state index contributed by atoms with van der Waals surface area (Å²) in [5, 5.41) is 0. The Balaban J connectivity index is 0. The van der Waals surface area contributed by atoms with E-state index < -0.39 is 10.1 Å². The van der Waals surface area contributed by atoms with E-state index in [0.29, 0.717) is 6.26 Å². The van der Waals surface area contributed by atoms with E-state index in [9.17, 15) is 8.42 Å². The molecule has 0 fully saturated rings. The van der Waals surface area contributed by atoms with Gasteiger partial charge in [0.1, 0.15) is 0 Å². The third-order valence-electron chi connectivity index (χ3n) is 0.348. The second-order valence-electron chi connectivity index (χ2n) is 1.64. The fourth-order valence-electron chi connectivity index (χ4n) is 0. The number of methoxy groups -OCH3 is 1. The molecule has 62 valence electrons. The van der Waals surface area contributed by atoms with E-state index in [0.717, 1.165) is 5.76 Å². The number of hydrogen-bond donors (Lipinski definition) is 1. The lowest BCUT2D eigenvalue weighted by molar-refractivity contribution is 0.295. The van der Waals surface area contributed by atoms with Gasteiger partial charge in [-0.1, -0.05) is 6.58 Å². The quantitative estimate of drug-likeness (QED) is 0.461. The molecule has 0 aromatic heterocycles.